The van der Waals surface area contributed by atoms with Crippen LogP contribution in [0.5, 0.6) is 0 Å². The molecular formula is C28H30FN7OS. The van der Waals surface area contributed by atoms with Gasteiger partial charge in [-0.2, -0.15) is 0 Å². The fourth-order valence-electron chi connectivity index (χ4n) is 5.42. The number of nitrogens with one attached hydrogen (secondary N) is 1. The molecule has 2 atom stereocenters. The molecule has 2 aliphatic rings. The van der Waals surface area contributed by atoms with Gasteiger partial charge in [0.1, 0.15) is 28.0 Å². The van der Waals surface area contributed by atoms with E-state index in [1.807, 2.05) is 22.9 Å². The number of carbonyl (C=O) groups is 1. The highest BCUT2D eigenvalue weighted by Gasteiger charge is 2.37. The van der Waals surface area contributed by atoms with Crippen molar-refractivity contribution in [1.82, 2.24) is 24.4 Å². The summed E-state index contributed by atoms with van der Waals surface area (Å²) in [6, 6.07) is 11.4. The standard InChI is InChI=1S/C28H30FN7OS/c1-17(2)36-16-31-25(18-4-6-19(29)7-5-18)26(36)28-32-23(15-38-28)27(37)33-24-11-10-20(12-30-24)35-13-21-8-9-22(14-35)34(21)3/h4-7,10-12,15-17,21-22H,8-9,13-14H2,1-3H3,(H,30,33,37)/t21-,22+. The van der Waals surface area contributed by atoms with Gasteiger partial charge in [-0.05, 0) is 70.1 Å². The van der Waals surface area contributed by atoms with Crippen LogP contribution in [-0.4, -0.2) is 62.5 Å². The average molecular weight is 532 g/mol. The van der Waals surface area contributed by atoms with E-state index >= 15 is 0 Å². The molecule has 2 saturated heterocycles. The van der Waals surface area contributed by atoms with E-state index in [-0.39, 0.29) is 17.8 Å². The maximum atomic E-state index is 13.5. The molecule has 0 saturated carbocycles. The lowest BCUT2D eigenvalue weighted by atomic mass is 10.1. The molecular weight excluding hydrogens is 501 g/mol. The molecule has 1 amide bonds. The van der Waals surface area contributed by atoms with Crippen molar-refractivity contribution in [3.8, 4) is 22.0 Å². The van der Waals surface area contributed by atoms with E-state index in [1.54, 1.807) is 23.8 Å². The zero-order chi connectivity index (χ0) is 26.4. The highest BCUT2D eigenvalue weighted by molar-refractivity contribution is 7.13. The predicted octanol–water partition coefficient (Wildman–Crippen LogP) is 5.32. The summed E-state index contributed by atoms with van der Waals surface area (Å²) in [6.07, 6.45) is 6.09. The molecule has 1 N–H and O–H groups in total. The van der Waals surface area contributed by atoms with E-state index in [2.05, 4.69) is 51.0 Å². The number of imidazole rings is 1. The van der Waals surface area contributed by atoms with Gasteiger partial charge < -0.3 is 14.8 Å². The van der Waals surface area contributed by atoms with Gasteiger partial charge in [0.05, 0.1) is 23.9 Å². The molecule has 2 fully saturated rings. The fourth-order valence-corrected chi connectivity index (χ4v) is 6.27. The largest absolute Gasteiger partial charge is 0.367 e. The van der Waals surface area contributed by atoms with Crippen molar-refractivity contribution in [3.05, 3.63) is 65.8 Å². The second kappa shape index (κ2) is 9.92. The number of pyridine rings is 1. The van der Waals surface area contributed by atoms with Gasteiger partial charge in [0.25, 0.3) is 5.91 Å². The van der Waals surface area contributed by atoms with Crippen molar-refractivity contribution in [2.45, 2.75) is 44.8 Å². The summed E-state index contributed by atoms with van der Waals surface area (Å²) in [6.45, 7) is 6.13. The van der Waals surface area contributed by atoms with Gasteiger partial charge >= 0.3 is 0 Å². The molecule has 0 unspecified atom stereocenters. The van der Waals surface area contributed by atoms with E-state index in [1.165, 1.54) is 36.3 Å². The van der Waals surface area contributed by atoms with Gasteiger partial charge in [0, 0.05) is 42.2 Å². The highest BCUT2D eigenvalue weighted by Crippen LogP contribution is 2.35. The van der Waals surface area contributed by atoms with Gasteiger partial charge in [-0.1, -0.05) is 0 Å². The number of amides is 1. The first kappa shape index (κ1) is 24.7. The number of anilines is 2. The van der Waals surface area contributed by atoms with Crippen molar-refractivity contribution < 1.29 is 9.18 Å². The first-order valence-electron chi connectivity index (χ1n) is 12.9. The van der Waals surface area contributed by atoms with E-state index in [9.17, 15) is 9.18 Å². The predicted molar refractivity (Wildman–Crippen MR) is 148 cm³/mol. The number of thiazole rings is 1. The summed E-state index contributed by atoms with van der Waals surface area (Å²) in [5, 5.41) is 5.29. The Balaban J connectivity index is 1.19. The lowest BCUT2D eigenvalue weighted by Crippen LogP contribution is -2.52. The number of fused-ring (bicyclic) bond motifs is 2. The Hall–Kier alpha value is -3.63. The van der Waals surface area contributed by atoms with Gasteiger partial charge in [-0.3, -0.25) is 9.69 Å². The van der Waals surface area contributed by atoms with Crippen LogP contribution in [0.1, 0.15) is 43.2 Å². The van der Waals surface area contributed by atoms with Crippen LogP contribution in [0, 0.1) is 5.82 Å². The third kappa shape index (κ3) is 4.58. The quantitative estimate of drug-likeness (QED) is 0.363. The van der Waals surface area contributed by atoms with Crippen LogP contribution in [0.25, 0.3) is 22.0 Å². The third-order valence-corrected chi connectivity index (χ3v) is 8.46. The summed E-state index contributed by atoms with van der Waals surface area (Å²) in [5.41, 5.74) is 3.70. The lowest BCUT2D eigenvalue weighted by Gasteiger charge is -2.40. The van der Waals surface area contributed by atoms with E-state index in [0.29, 0.717) is 34.3 Å². The maximum absolute atomic E-state index is 13.5. The SMILES string of the molecule is CC(C)n1cnc(-c2ccc(F)cc2)c1-c1nc(C(=O)Nc2ccc(N3C[C@H]4CC[C@@H](C3)N4C)cn2)cs1. The summed E-state index contributed by atoms with van der Waals surface area (Å²) in [4.78, 5) is 31.7. The minimum atomic E-state index is -0.315. The molecule has 8 nitrogen and oxygen atoms in total. The average Bonchev–Trinajstić information content (AvgIpc) is 3.61. The molecule has 6 rings (SSSR count). The molecule has 0 aliphatic carbocycles. The zero-order valence-corrected chi connectivity index (χ0v) is 22.5. The topological polar surface area (TPSA) is 79.2 Å². The van der Waals surface area contributed by atoms with Crippen molar-refractivity contribution >= 4 is 28.7 Å². The van der Waals surface area contributed by atoms with Gasteiger partial charge in [-0.25, -0.2) is 19.3 Å². The number of hydrogen-bond donors (Lipinski definition) is 1. The molecule has 10 heteroatoms. The number of carbonyl (C=O) groups excluding carboxylic acids is 1. The Morgan fingerprint density at radius 1 is 1.08 bits per heavy atom. The number of hydrogen-bond acceptors (Lipinski definition) is 7. The molecule has 196 valence electrons. The molecule has 38 heavy (non-hydrogen) atoms. The van der Waals surface area contributed by atoms with E-state index in [0.717, 1.165) is 30.0 Å². The van der Waals surface area contributed by atoms with Crippen molar-refractivity contribution in [2.24, 2.45) is 0 Å². The number of aromatic nitrogens is 4. The summed E-state index contributed by atoms with van der Waals surface area (Å²) in [7, 11) is 2.22. The van der Waals surface area contributed by atoms with Crippen LogP contribution in [-0.2, 0) is 0 Å². The van der Waals surface area contributed by atoms with Crippen LogP contribution >= 0.6 is 11.3 Å². The maximum Gasteiger partial charge on any atom is 0.276 e. The van der Waals surface area contributed by atoms with Crippen molar-refractivity contribution in [2.75, 3.05) is 30.4 Å². The Morgan fingerprint density at radius 2 is 1.82 bits per heavy atom. The third-order valence-electron chi connectivity index (χ3n) is 7.61. The molecule has 3 aromatic heterocycles. The van der Waals surface area contributed by atoms with Crippen LogP contribution < -0.4 is 10.2 Å². The monoisotopic (exact) mass is 531 g/mol. The van der Waals surface area contributed by atoms with Gasteiger partial charge in [-0.15, -0.1) is 11.3 Å². The molecule has 0 radical (unpaired) electrons. The zero-order valence-electron chi connectivity index (χ0n) is 21.6. The second-order valence-electron chi connectivity index (χ2n) is 10.3. The Bertz CT molecular complexity index is 1430. The lowest BCUT2D eigenvalue weighted by molar-refractivity contribution is 0.102. The van der Waals surface area contributed by atoms with Crippen molar-refractivity contribution in [1.29, 1.82) is 0 Å². The number of nitrogens with zero attached hydrogens (tertiary/aromatic N) is 6. The van der Waals surface area contributed by atoms with Crippen LogP contribution in [0.4, 0.5) is 15.9 Å². The number of benzene rings is 1. The van der Waals surface area contributed by atoms with Crippen molar-refractivity contribution in [3.63, 3.8) is 0 Å². The molecule has 2 bridgehead atoms. The highest BCUT2D eigenvalue weighted by atomic mass is 32.1. The van der Waals surface area contributed by atoms with Crippen LogP contribution in [0.2, 0.25) is 0 Å². The molecule has 2 aliphatic heterocycles. The molecule has 0 spiro atoms. The second-order valence-corrected chi connectivity index (χ2v) is 11.2. The first-order chi connectivity index (χ1) is 18.4. The van der Waals surface area contributed by atoms with Crippen LogP contribution in [0.15, 0.2) is 54.3 Å². The minimum Gasteiger partial charge on any atom is -0.367 e. The number of likely N-dealkylation sites (N-methyl/N-ethyl adjacent to an activating group) is 1. The Morgan fingerprint density at radius 3 is 2.47 bits per heavy atom. The fraction of sp³-hybridized carbons (Fsp3) is 0.357. The number of rotatable bonds is 6. The summed E-state index contributed by atoms with van der Waals surface area (Å²) >= 11 is 1.38. The minimum absolute atomic E-state index is 0.131. The molecule has 4 aromatic rings. The van der Waals surface area contributed by atoms with Crippen LogP contribution in [0.3, 0.4) is 0 Å². The Labute approximate surface area is 225 Å². The summed E-state index contributed by atoms with van der Waals surface area (Å²) < 4.78 is 15.5. The molecule has 1 aromatic carbocycles. The normalized spacial score (nSPS) is 19.3. The van der Waals surface area contributed by atoms with E-state index in [4.69, 9.17) is 0 Å². The number of piperazine rings is 1. The first-order valence-corrected chi connectivity index (χ1v) is 13.8. The smallest absolute Gasteiger partial charge is 0.276 e. The molecule has 5 heterocycles. The van der Waals surface area contributed by atoms with E-state index < -0.39 is 0 Å². The Kier molecular flexibility index (Phi) is 6.45. The number of halogens is 1. The van der Waals surface area contributed by atoms with Gasteiger partial charge in [0.15, 0.2) is 0 Å². The summed E-state index contributed by atoms with van der Waals surface area (Å²) in [5.74, 6) is -0.127. The van der Waals surface area contributed by atoms with Gasteiger partial charge in [0.2, 0.25) is 0 Å².